The molecule has 0 amide bonds. The monoisotopic (exact) mass is 383 g/mol. The van der Waals surface area contributed by atoms with E-state index in [4.69, 9.17) is 4.42 Å². The summed E-state index contributed by atoms with van der Waals surface area (Å²) in [5.74, 6) is 0.757. The number of nitrogens with one attached hydrogen (secondary N) is 3. The van der Waals surface area contributed by atoms with Gasteiger partial charge in [0.1, 0.15) is 5.76 Å². The van der Waals surface area contributed by atoms with Gasteiger partial charge in [-0.1, -0.05) is 6.07 Å². The van der Waals surface area contributed by atoms with Gasteiger partial charge in [0.25, 0.3) is 11.1 Å². The maximum absolute atomic E-state index is 11.9. The summed E-state index contributed by atoms with van der Waals surface area (Å²) in [6, 6.07) is 8.82. The number of furan rings is 1. The van der Waals surface area contributed by atoms with Gasteiger partial charge in [0.05, 0.1) is 17.3 Å². The summed E-state index contributed by atoms with van der Waals surface area (Å²) in [6.45, 7) is 0.439. The summed E-state index contributed by atoms with van der Waals surface area (Å²) < 4.78 is 6.24. The highest BCUT2D eigenvalue weighted by atomic mass is 127. The molecule has 20 heavy (non-hydrogen) atoms. The molecule has 1 aromatic carbocycles. The van der Waals surface area contributed by atoms with Gasteiger partial charge in [-0.25, -0.2) is 0 Å². The van der Waals surface area contributed by atoms with Crippen molar-refractivity contribution < 1.29 is 4.42 Å². The predicted molar refractivity (Wildman–Crippen MR) is 83.9 cm³/mol. The molecule has 2 aromatic heterocycles. The minimum Gasteiger partial charge on any atom is -0.454 e. The lowest BCUT2D eigenvalue weighted by atomic mass is 10.1. The zero-order valence-electron chi connectivity index (χ0n) is 10.2. The number of aromatic amines is 2. The van der Waals surface area contributed by atoms with Crippen LogP contribution in [0.5, 0.6) is 0 Å². The van der Waals surface area contributed by atoms with Gasteiger partial charge in [0.2, 0.25) is 0 Å². The van der Waals surface area contributed by atoms with Crippen LogP contribution in [0.3, 0.4) is 0 Å². The first-order valence-electron chi connectivity index (χ1n) is 5.87. The summed E-state index contributed by atoms with van der Waals surface area (Å²) in [7, 11) is 0. The Labute approximate surface area is 126 Å². The van der Waals surface area contributed by atoms with Crippen molar-refractivity contribution in [2.24, 2.45) is 0 Å². The summed E-state index contributed by atoms with van der Waals surface area (Å²) in [6.07, 6.45) is 0. The fourth-order valence-corrected chi connectivity index (χ4v) is 2.47. The van der Waals surface area contributed by atoms with Gasteiger partial charge in [0, 0.05) is 5.69 Å². The van der Waals surface area contributed by atoms with Gasteiger partial charge in [-0.2, -0.15) is 0 Å². The predicted octanol–water partition coefficient (Wildman–Crippen LogP) is 2.03. The van der Waals surface area contributed by atoms with Gasteiger partial charge in [-0.05, 0) is 46.9 Å². The number of benzene rings is 1. The van der Waals surface area contributed by atoms with Crippen molar-refractivity contribution in [1.82, 2.24) is 10.2 Å². The third kappa shape index (κ3) is 2.36. The van der Waals surface area contributed by atoms with Crippen molar-refractivity contribution in [3.63, 3.8) is 0 Å². The molecule has 3 rings (SSSR count). The molecule has 0 aliphatic heterocycles. The van der Waals surface area contributed by atoms with Crippen molar-refractivity contribution in [3.8, 4) is 0 Å². The van der Waals surface area contributed by atoms with Crippen LogP contribution in [0, 0.1) is 3.77 Å². The van der Waals surface area contributed by atoms with Crippen LogP contribution in [0.25, 0.3) is 10.8 Å². The first kappa shape index (κ1) is 13.0. The van der Waals surface area contributed by atoms with Gasteiger partial charge in [-0.3, -0.25) is 19.8 Å². The molecule has 0 saturated heterocycles. The number of halogens is 1. The topological polar surface area (TPSA) is 90.9 Å². The highest BCUT2D eigenvalue weighted by molar-refractivity contribution is 14.1. The Balaban J connectivity index is 2.01. The standard InChI is InChI=1S/C13H10IN3O3/c14-10-5-4-7(20-10)6-15-9-3-1-2-8-11(9)13(19)17-16-12(8)18/h1-5,15H,6H2,(H,16,18)(H,17,19). The second-order valence-electron chi connectivity index (χ2n) is 4.20. The maximum Gasteiger partial charge on any atom is 0.272 e. The highest BCUT2D eigenvalue weighted by Gasteiger charge is 2.08. The fraction of sp³-hybridized carbons (Fsp3) is 0.0769. The molecule has 0 aliphatic carbocycles. The van der Waals surface area contributed by atoms with E-state index in [1.54, 1.807) is 18.2 Å². The van der Waals surface area contributed by atoms with Gasteiger partial charge in [0.15, 0.2) is 3.77 Å². The molecular weight excluding hydrogens is 373 g/mol. The molecule has 0 atom stereocenters. The van der Waals surface area contributed by atoms with Crippen LogP contribution in [0.4, 0.5) is 5.69 Å². The second kappa shape index (κ2) is 5.16. The molecule has 3 N–H and O–H groups in total. The highest BCUT2D eigenvalue weighted by Crippen LogP contribution is 2.18. The SMILES string of the molecule is O=c1[nH][nH]c(=O)c2c(NCc3ccc(I)o3)cccc12. The Morgan fingerprint density at radius 2 is 1.90 bits per heavy atom. The van der Waals surface area contributed by atoms with Crippen LogP contribution in [-0.4, -0.2) is 10.2 Å². The van der Waals surface area contributed by atoms with Crippen LogP contribution < -0.4 is 16.4 Å². The van der Waals surface area contributed by atoms with E-state index in [9.17, 15) is 9.59 Å². The Morgan fingerprint density at radius 3 is 2.65 bits per heavy atom. The van der Waals surface area contributed by atoms with E-state index in [1.165, 1.54) is 0 Å². The Morgan fingerprint density at radius 1 is 1.10 bits per heavy atom. The first-order chi connectivity index (χ1) is 9.65. The lowest BCUT2D eigenvalue weighted by Gasteiger charge is -2.07. The number of anilines is 1. The Hall–Kier alpha value is -2.03. The Bertz CT molecular complexity index is 878. The molecule has 0 saturated carbocycles. The number of aromatic nitrogens is 2. The minimum absolute atomic E-state index is 0.323. The third-order valence-corrected chi connectivity index (χ3v) is 3.49. The van der Waals surface area contributed by atoms with Crippen molar-refractivity contribution in [3.05, 3.63) is 60.6 Å². The van der Waals surface area contributed by atoms with Gasteiger partial charge in [-0.15, -0.1) is 0 Å². The lowest BCUT2D eigenvalue weighted by Crippen LogP contribution is -2.20. The van der Waals surface area contributed by atoms with Crippen LogP contribution in [0.1, 0.15) is 5.76 Å². The molecule has 3 aromatic rings. The molecule has 7 heteroatoms. The van der Waals surface area contributed by atoms with Gasteiger partial charge < -0.3 is 9.73 Å². The molecule has 0 radical (unpaired) electrons. The third-order valence-electron chi connectivity index (χ3n) is 2.91. The van der Waals surface area contributed by atoms with Crippen LogP contribution >= 0.6 is 22.6 Å². The number of fused-ring (bicyclic) bond motifs is 1. The summed E-state index contributed by atoms with van der Waals surface area (Å²) in [5, 5.41) is 8.45. The van der Waals surface area contributed by atoms with Crippen LogP contribution in [-0.2, 0) is 6.54 Å². The average molecular weight is 383 g/mol. The van der Waals surface area contributed by atoms with E-state index in [2.05, 4.69) is 38.1 Å². The van der Waals surface area contributed by atoms with E-state index < -0.39 is 0 Å². The Kier molecular flexibility index (Phi) is 3.35. The van der Waals surface area contributed by atoms with E-state index in [0.29, 0.717) is 23.0 Å². The first-order valence-corrected chi connectivity index (χ1v) is 6.95. The smallest absolute Gasteiger partial charge is 0.272 e. The molecule has 0 aliphatic rings. The normalized spacial score (nSPS) is 10.8. The molecular formula is C13H10IN3O3. The minimum atomic E-state index is -0.336. The van der Waals surface area contributed by atoms with Gasteiger partial charge >= 0.3 is 0 Å². The number of H-pyrrole nitrogens is 2. The number of rotatable bonds is 3. The van der Waals surface area contributed by atoms with Crippen molar-refractivity contribution in [2.45, 2.75) is 6.54 Å². The molecule has 6 nitrogen and oxygen atoms in total. The van der Waals surface area contributed by atoms with E-state index in [1.807, 2.05) is 12.1 Å². The summed E-state index contributed by atoms with van der Waals surface area (Å²) >= 11 is 2.08. The average Bonchev–Trinajstić information content (AvgIpc) is 2.86. The molecule has 2 heterocycles. The van der Waals surface area contributed by atoms with Crippen molar-refractivity contribution in [2.75, 3.05) is 5.32 Å². The van der Waals surface area contributed by atoms with Crippen LogP contribution in [0.15, 0.2) is 44.3 Å². The van der Waals surface area contributed by atoms with E-state index in [-0.39, 0.29) is 11.1 Å². The van der Waals surface area contributed by atoms with Crippen molar-refractivity contribution >= 4 is 39.1 Å². The van der Waals surface area contributed by atoms with E-state index >= 15 is 0 Å². The largest absolute Gasteiger partial charge is 0.454 e. The molecule has 102 valence electrons. The van der Waals surface area contributed by atoms with Crippen molar-refractivity contribution in [1.29, 1.82) is 0 Å². The van der Waals surface area contributed by atoms with Crippen LogP contribution in [0.2, 0.25) is 0 Å². The summed E-state index contributed by atoms with van der Waals surface area (Å²) in [5.41, 5.74) is -0.0613. The second-order valence-corrected chi connectivity index (χ2v) is 5.26. The summed E-state index contributed by atoms with van der Waals surface area (Å²) in [4.78, 5) is 23.6. The van der Waals surface area contributed by atoms with E-state index in [0.717, 1.165) is 9.53 Å². The quantitative estimate of drug-likeness (QED) is 0.604. The molecule has 0 bridgehead atoms. The zero-order chi connectivity index (χ0) is 14.1. The number of hydrogen-bond donors (Lipinski definition) is 3. The zero-order valence-corrected chi connectivity index (χ0v) is 12.4. The molecule has 0 spiro atoms. The number of hydrogen-bond acceptors (Lipinski definition) is 4. The fourth-order valence-electron chi connectivity index (χ4n) is 2.01. The lowest BCUT2D eigenvalue weighted by molar-refractivity contribution is 0.493. The maximum atomic E-state index is 11.9. The molecule has 0 unspecified atom stereocenters. The molecule has 0 fully saturated rings.